The average molecular weight is 365 g/mol. The minimum absolute atomic E-state index is 0.00146. The Balaban J connectivity index is 2.03. The fourth-order valence-electron chi connectivity index (χ4n) is 4.10. The van der Waals surface area contributed by atoms with Crippen molar-refractivity contribution in [3.05, 3.63) is 16.0 Å². The van der Waals surface area contributed by atoms with Gasteiger partial charge in [-0.1, -0.05) is 13.8 Å². The Hall–Kier alpha value is -1.40. The van der Waals surface area contributed by atoms with Gasteiger partial charge in [-0.25, -0.2) is 0 Å². The molecule has 138 valence electrons. The summed E-state index contributed by atoms with van der Waals surface area (Å²) in [6, 6.07) is 0. The molecule has 1 saturated carbocycles. The minimum atomic E-state index is -0.524. The van der Waals surface area contributed by atoms with Crippen molar-refractivity contribution in [1.29, 1.82) is 0 Å². The van der Waals surface area contributed by atoms with E-state index in [4.69, 9.17) is 10.5 Å². The third kappa shape index (κ3) is 2.99. The van der Waals surface area contributed by atoms with Crippen molar-refractivity contribution in [2.45, 2.75) is 72.0 Å². The van der Waals surface area contributed by atoms with Gasteiger partial charge in [0, 0.05) is 11.3 Å². The van der Waals surface area contributed by atoms with Gasteiger partial charge in [0.25, 0.3) is 5.91 Å². The Labute approximate surface area is 153 Å². The maximum Gasteiger partial charge on any atom is 0.251 e. The highest BCUT2D eigenvalue weighted by Gasteiger charge is 2.52. The van der Waals surface area contributed by atoms with Crippen molar-refractivity contribution in [2.75, 3.05) is 5.32 Å². The van der Waals surface area contributed by atoms with Crippen LogP contribution in [0.5, 0.6) is 0 Å². The second kappa shape index (κ2) is 5.55. The highest BCUT2D eigenvalue weighted by atomic mass is 32.1. The van der Waals surface area contributed by atoms with E-state index in [9.17, 15) is 9.59 Å². The van der Waals surface area contributed by atoms with Crippen molar-refractivity contribution >= 4 is 28.2 Å². The number of nitrogens with one attached hydrogen (secondary N) is 1. The first-order chi connectivity index (χ1) is 11.4. The van der Waals surface area contributed by atoms with E-state index < -0.39 is 17.1 Å². The summed E-state index contributed by atoms with van der Waals surface area (Å²) < 4.78 is 6.20. The van der Waals surface area contributed by atoms with Gasteiger partial charge in [0.15, 0.2) is 0 Å². The summed E-state index contributed by atoms with van der Waals surface area (Å²) in [5.41, 5.74) is 5.86. The van der Waals surface area contributed by atoms with Gasteiger partial charge in [-0.2, -0.15) is 0 Å². The maximum absolute atomic E-state index is 12.8. The molecule has 2 aliphatic rings. The topological polar surface area (TPSA) is 81.4 Å². The highest BCUT2D eigenvalue weighted by molar-refractivity contribution is 7.17. The van der Waals surface area contributed by atoms with Gasteiger partial charge in [-0.3, -0.25) is 9.59 Å². The first-order valence-electron chi connectivity index (χ1n) is 8.87. The molecular weight excluding hydrogens is 336 g/mol. The molecule has 1 aliphatic heterocycles. The van der Waals surface area contributed by atoms with Crippen LogP contribution in [0.2, 0.25) is 0 Å². The predicted molar refractivity (Wildman–Crippen MR) is 99.9 cm³/mol. The lowest BCUT2D eigenvalue weighted by Gasteiger charge is -2.41. The molecule has 0 unspecified atom stereocenters. The fourth-order valence-corrected chi connectivity index (χ4v) is 5.36. The number of anilines is 1. The first kappa shape index (κ1) is 18.4. The molecule has 2 heterocycles. The van der Waals surface area contributed by atoms with Gasteiger partial charge in [0.05, 0.1) is 22.2 Å². The largest absolute Gasteiger partial charge is 0.365 e. The summed E-state index contributed by atoms with van der Waals surface area (Å²) in [4.78, 5) is 26.0. The lowest BCUT2D eigenvalue weighted by atomic mass is 9.86. The van der Waals surface area contributed by atoms with Crippen LogP contribution in [-0.2, 0) is 21.6 Å². The Morgan fingerprint density at radius 1 is 1.20 bits per heavy atom. The van der Waals surface area contributed by atoms with Gasteiger partial charge in [-0.15, -0.1) is 11.3 Å². The monoisotopic (exact) mass is 364 g/mol. The zero-order chi connectivity index (χ0) is 18.8. The van der Waals surface area contributed by atoms with Crippen LogP contribution in [-0.4, -0.2) is 17.4 Å². The van der Waals surface area contributed by atoms with E-state index in [-0.39, 0.29) is 17.2 Å². The van der Waals surface area contributed by atoms with Crippen molar-refractivity contribution in [2.24, 2.45) is 17.1 Å². The second-order valence-corrected chi connectivity index (χ2v) is 9.81. The van der Waals surface area contributed by atoms with Crippen molar-refractivity contribution < 1.29 is 14.3 Å². The van der Waals surface area contributed by atoms with E-state index in [1.165, 1.54) is 11.3 Å². The zero-order valence-corrected chi connectivity index (χ0v) is 16.7. The number of carbonyl (C=O) groups is 2. The minimum Gasteiger partial charge on any atom is -0.365 e. The summed E-state index contributed by atoms with van der Waals surface area (Å²) in [5, 5.41) is 3.59. The highest BCUT2D eigenvalue weighted by Crippen LogP contribution is 2.54. The molecule has 0 bridgehead atoms. The second-order valence-electron chi connectivity index (χ2n) is 8.79. The summed E-state index contributed by atoms with van der Waals surface area (Å²) in [5.74, 6) is -0.213. The van der Waals surface area contributed by atoms with Crippen LogP contribution in [0.3, 0.4) is 0 Å². The summed E-state index contributed by atoms with van der Waals surface area (Å²) in [7, 11) is 0. The van der Waals surface area contributed by atoms with Crippen LogP contribution in [0, 0.1) is 11.3 Å². The fraction of sp³-hybridized carbons (Fsp3) is 0.684. The van der Waals surface area contributed by atoms with E-state index in [0.717, 1.165) is 23.3 Å². The molecule has 5 nitrogen and oxygen atoms in total. The number of rotatable bonds is 4. The number of carbonyl (C=O) groups excluding carboxylic acids is 2. The van der Waals surface area contributed by atoms with Crippen molar-refractivity contribution in [1.82, 2.24) is 0 Å². The molecule has 0 saturated heterocycles. The van der Waals surface area contributed by atoms with Crippen molar-refractivity contribution in [3.63, 3.8) is 0 Å². The number of thiophene rings is 1. The zero-order valence-electron chi connectivity index (χ0n) is 15.9. The number of hydrogen-bond acceptors (Lipinski definition) is 4. The van der Waals surface area contributed by atoms with Gasteiger partial charge in [-0.05, 0) is 52.0 Å². The van der Waals surface area contributed by atoms with Crippen LogP contribution in [0.1, 0.15) is 75.2 Å². The SMILES string of the molecule is CC(C)C1(C(=O)Nc2sc3c(c2C(N)=O)CC(C)(C)OC3(C)C)CC1. The Bertz CT molecular complexity index is 742. The third-order valence-electron chi connectivity index (χ3n) is 5.51. The predicted octanol–water partition coefficient (Wildman–Crippen LogP) is 3.81. The van der Waals surface area contributed by atoms with Gasteiger partial charge >= 0.3 is 0 Å². The lowest BCUT2D eigenvalue weighted by molar-refractivity contribution is -0.135. The van der Waals surface area contributed by atoms with Crippen molar-refractivity contribution in [3.8, 4) is 0 Å². The standard InChI is InChI=1S/C19H28N2O3S/c1-10(2)19(7-8-19)16(23)21-15-12(14(20)22)11-9-17(3,4)24-18(5,6)13(11)25-15/h10H,7-9H2,1-6H3,(H2,20,22)(H,21,23). The van der Waals surface area contributed by atoms with Crippen LogP contribution in [0.25, 0.3) is 0 Å². The van der Waals surface area contributed by atoms with Crippen LogP contribution >= 0.6 is 11.3 Å². The van der Waals surface area contributed by atoms with E-state index >= 15 is 0 Å². The molecule has 0 aromatic carbocycles. The number of nitrogens with two attached hydrogens (primary N) is 1. The van der Waals surface area contributed by atoms with Gasteiger partial charge in [0.1, 0.15) is 5.00 Å². The molecule has 0 spiro atoms. The normalized spacial score (nSPS) is 22.4. The maximum atomic E-state index is 12.8. The number of hydrogen-bond donors (Lipinski definition) is 2. The molecule has 1 aromatic heterocycles. The number of amides is 2. The van der Waals surface area contributed by atoms with Gasteiger partial charge < -0.3 is 15.8 Å². The van der Waals surface area contributed by atoms with E-state index in [1.54, 1.807) is 0 Å². The molecule has 0 atom stereocenters. The number of ether oxygens (including phenoxy) is 1. The number of primary amides is 1. The third-order valence-corrected chi connectivity index (χ3v) is 6.96. The van der Waals surface area contributed by atoms with Crippen LogP contribution < -0.4 is 11.1 Å². The van der Waals surface area contributed by atoms with Crippen LogP contribution in [0.15, 0.2) is 0 Å². The average Bonchev–Trinajstić information content (AvgIpc) is 3.15. The summed E-state index contributed by atoms with van der Waals surface area (Å²) in [6.45, 7) is 12.2. The Kier molecular flexibility index (Phi) is 4.08. The Morgan fingerprint density at radius 2 is 1.80 bits per heavy atom. The van der Waals surface area contributed by atoms with Crippen LogP contribution in [0.4, 0.5) is 5.00 Å². The molecule has 3 rings (SSSR count). The van der Waals surface area contributed by atoms with Gasteiger partial charge in [0.2, 0.25) is 5.91 Å². The molecule has 1 fully saturated rings. The van der Waals surface area contributed by atoms with E-state index in [1.807, 2.05) is 27.7 Å². The van der Waals surface area contributed by atoms with E-state index in [2.05, 4.69) is 19.2 Å². The molecular formula is C19H28N2O3S. The smallest absolute Gasteiger partial charge is 0.251 e. The lowest BCUT2D eigenvalue weighted by Crippen LogP contribution is -2.42. The molecule has 1 aliphatic carbocycles. The molecule has 0 radical (unpaired) electrons. The molecule has 1 aromatic rings. The molecule has 3 N–H and O–H groups in total. The summed E-state index contributed by atoms with van der Waals surface area (Å²) >= 11 is 1.42. The number of fused-ring (bicyclic) bond motifs is 1. The van der Waals surface area contributed by atoms with E-state index in [0.29, 0.717) is 17.0 Å². The molecule has 6 heteroatoms. The quantitative estimate of drug-likeness (QED) is 0.852. The first-order valence-corrected chi connectivity index (χ1v) is 9.69. The molecule has 25 heavy (non-hydrogen) atoms. The summed E-state index contributed by atoms with van der Waals surface area (Å²) in [6.07, 6.45) is 2.40. The molecule has 2 amide bonds. The Morgan fingerprint density at radius 3 is 2.28 bits per heavy atom.